The Hall–Kier alpha value is -4.01. The first-order chi connectivity index (χ1) is 16.9. The van der Waals surface area contributed by atoms with Gasteiger partial charge in [0.15, 0.2) is 0 Å². The number of carbonyl (C=O) groups is 3. The van der Waals surface area contributed by atoms with E-state index in [-0.39, 0.29) is 30.1 Å². The summed E-state index contributed by atoms with van der Waals surface area (Å²) < 4.78 is 0. The number of nitrogens with one attached hydrogen (secondary N) is 1. The third-order valence-corrected chi connectivity index (χ3v) is 6.94. The Morgan fingerprint density at radius 1 is 0.943 bits per heavy atom. The van der Waals surface area contributed by atoms with E-state index < -0.39 is 0 Å². The van der Waals surface area contributed by atoms with Gasteiger partial charge in [-0.05, 0) is 55.3 Å². The molecule has 1 aromatic carbocycles. The molecule has 1 N–H and O–H groups in total. The molecule has 2 saturated heterocycles. The van der Waals surface area contributed by atoms with Gasteiger partial charge >= 0.3 is 0 Å². The molecular weight excluding hydrogens is 444 g/mol. The SMILES string of the molecule is Cc1ccc(N2C[C@H](C(=O)N3CCN(C(=O)c4cc(-c5ccncc5)n[nH]4)CC3)CC2=O)cc1C. The number of hydrogen-bond acceptors (Lipinski definition) is 5. The number of aromatic amines is 1. The molecule has 0 aliphatic carbocycles. The van der Waals surface area contributed by atoms with Gasteiger partial charge in [-0.2, -0.15) is 5.10 Å². The zero-order chi connectivity index (χ0) is 24.5. The molecule has 3 aromatic rings. The summed E-state index contributed by atoms with van der Waals surface area (Å²) in [6, 6.07) is 11.4. The van der Waals surface area contributed by atoms with E-state index >= 15 is 0 Å². The summed E-state index contributed by atoms with van der Waals surface area (Å²) in [6.07, 6.45) is 3.58. The molecule has 180 valence electrons. The summed E-state index contributed by atoms with van der Waals surface area (Å²) in [4.78, 5) is 48.0. The Balaban J connectivity index is 1.18. The average molecular weight is 473 g/mol. The molecule has 0 unspecified atom stereocenters. The van der Waals surface area contributed by atoms with E-state index in [1.165, 1.54) is 5.56 Å². The largest absolute Gasteiger partial charge is 0.339 e. The Morgan fingerprint density at radius 3 is 2.37 bits per heavy atom. The van der Waals surface area contributed by atoms with Gasteiger partial charge in [-0.1, -0.05) is 6.07 Å². The first kappa shape index (κ1) is 22.8. The number of benzene rings is 1. The lowest BCUT2D eigenvalue weighted by Crippen LogP contribution is -2.52. The van der Waals surface area contributed by atoms with Crippen LogP contribution in [-0.2, 0) is 9.59 Å². The minimum absolute atomic E-state index is 0.0155. The van der Waals surface area contributed by atoms with Crippen molar-refractivity contribution in [1.29, 1.82) is 0 Å². The van der Waals surface area contributed by atoms with Gasteiger partial charge in [0.25, 0.3) is 5.91 Å². The number of aryl methyl sites for hydroxylation is 2. The van der Waals surface area contributed by atoms with Crippen molar-refractivity contribution in [3.63, 3.8) is 0 Å². The first-order valence-electron chi connectivity index (χ1n) is 11.8. The van der Waals surface area contributed by atoms with Crippen LogP contribution in [0.25, 0.3) is 11.3 Å². The maximum atomic E-state index is 13.2. The second-order valence-electron chi connectivity index (χ2n) is 9.19. The van der Waals surface area contributed by atoms with Gasteiger partial charge in [-0.15, -0.1) is 0 Å². The van der Waals surface area contributed by atoms with Crippen molar-refractivity contribution in [2.24, 2.45) is 5.92 Å². The van der Waals surface area contributed by atoms with Crippen LogP contribution < -0.4 is 4.90 Å². The zero-order valence-electron chi connectivity index (χ0n) is 19.9. The molecule has 9 nitrogen and oxygen atoms in total. The fourth-order valence-electron chi connectivity index (χ4n) is 4.68. The van der Waals surface area contributed by atoms with Gasteiger partial charge < -0.3 is 14.7 Å². The average Bonchev–Trinajstić information content (AvgIpc) is 3.53. The Bertz CT molecular complexity index is 1260. The third-order valence-electron chi connectivity index (χ3n) is 6.94. The van der Waals surface area contributed by atoms with Crippen molar-refractivity contribution in [2.45, 2.75) is 20.3 Å². The number of anilines is 1. The highest BCUT2D eigenvalue weighted by molar-refractivity contribution is 6.00. The van der Waals surface area contributed by atoms with Crippen LogP contribution in [0.1, 0.15) is 28.0 Å². The molecule has 1 atom stereocenters. The van der Waals surface area contributed by atoms with Crippen LogP contribution in [0, 0.1) is 19.8 Å². The Morgan fingerprint density at radius 2 is 1.66 bits per heavy atom. The van der Waals surface area contributed by atoms with Gasteiger partial charge in [-0.3, -0.25) is 24.5 Å². The standard InChI is InChI=1S/C26H28N6O3/c1-17-3-4-21(13-18(17)2)32-16-20(14-24(32)33)25(34)30-9-11-31(12-10-30)26(35)23-15-22(28-29-23)19-5-7-27-8-6-19/h3-8,13,15,20H,9-12,14,16H2,1-2H3,(H,28,29)/t20-/m1/s1. The van der Waals surface area contributed by atoms with Crippen molar-refractivity contribution in [3.05, 3.63) is 65.6 Å². The number of hydrogen-bond donors (Lipinski definition) is 1. The molecule has 2 aliphatic rings. The number of rotatable bonds is 4. The number of piperazine rings is 1. The smallest absolute Gasteiger partial charge is 0.272 e. The zero-order valence-corrected chi connectivity index (χ0v) is 19.9. The van der Waals surface area contributed by atoms with Gasteiger partial charge in [0.05, 0.1) is 11.6 Å². The monoisotopic (exact) mass is 472 g/mol. The quantitative estimate of drug-likeness (QED) is 0.628. The van der Waals surface area contributed by atoms with Crippen LogP contribution in [0.2, 0.25) is 0 Å². The van der Waals surface area contributed by atoms with E-state index in [9.17, 15) is 14.4 Å². The molecule has 9 heteroatoms. The number of pyridine rings is 1. The minimum atomic E-state index is -0.359. The third kappa shape index (κ3) is 4.53. The van der Waals surface area contributed by atoms with Crippen molar-refractivity contribution in [1.82, 2.24) is 25.0 Å². The molecule has 2 fully saturated rings. The number of carbonyl (C=O) groups excluding carboxylic acids is 3. The van der Waals surface area contributed by atoms with Crippen LogP contribution >= 0.6 is 0 Å². The van der Waals surface area contributed by atoms with E-state index in [4.69, 9.17) is 0 Å². The number of nitrogens with zero attached hydrogens (tertiary/aromatic N) is 5. The van der Waals surface area contributed by atoms with E-state index in [0.29, 0.717) is 44.1 Å². The van der Waals surface area contributed by atoms with E-state index in [0.717, 1.165) is 16.8 Å². The number of amides is 3. The second kappa shape index (κ2) is 9.32. The summed E-state index contributed by atoms with van der Waals surface area (Å²) in [7, 11) is 0. The normalized spacial score (nSPS) is 18.3. The highest BCUT2D eigenvalue weighted by Crippen LogP contribution is 2.28. The molecule has 0 spiro atoms. The lowest BCUT2D eigenvalue weighted by atomic mass is 10.1. The van der Waals surface area contributed by atoms with Crippen LogP contribution in [-0.4, -0.2) is 75.4 Å². The predicted molar refractivity (Wildman–Crippen MR) is 131 cm³/mol. The molecule has 0 saturated carbocycles. The fraction of sp³-hybridized carbons (Fsp3) is 0.346. The van der Waals surface area contributed by atoms with E-state index in [2.05, 4.69) is 15.2 Å². The van der Waals surface area contributed by atoms with Crippen LogP contribution in [0.3, 0.4) is 0 Å². The van der Waals surface area contributed by atoms with Crippen molar-refractivity contribution >= 4 is 23.4 Å². The van der Waals surface area contributed by atoms with Crippen molar-refractivity contribution < 1.29 is 14.4 Å². The lowest BCUT2D eigenvalue weighted by Gasteiger charge is -2.35. The molecule has 2 aliphatic heterocycles. The summed E-state index contributed by atoms with van der Waals surface area (Å²) in [5.41, 5.74) is 5.12. The Kier molecular flexibility index (Phi) is 6.07. The Labute approximate surface area is 203 Å². The number of H-pyrrole nitrogens is 1. The van der Waals surface area contributed by atoms with Crippen LogP contribution in [0.15, 0.2) is 48.8 Å². The molecule has 2 aromatic heterocycles. The highest BCUT2D eigenvalue weighted by Gasteiger charge is 2.38. The van der Waals surface area contributed by atoms with Crippen molar-refractivity contribution in [3.8, 4) is 11.3 Å². The maximum absolute atomic E-state index is 13.2. The van der Waals surface area contributed by atoms with E-state index in [1.54, 1.807) is 33.2 Å². The summed E-state index contributed by atoms with van der Waals surface area (Å²) >= 11 is 0. The minimum Gasteiger partial charge on any atom is -0.339 e. The second-order valence-corrected chi connectivity index (χ2v) is 9.19. The molecule has 5 rings (SSSR count). The molecular formula is C26H28N6O3. The molecule has 0 radical (unpaired) electrons. The van der Waals surface area contributed by atoms with Gasteiger partial charge in [0.2, 0.25) is 11.8 Å². The summed E-state index contributed by atoms with van der Waals surface area (Å²) in [6.45, 7) is 6.23. The maximum Gasteiger partial charge on any atom is 0.272 e. The molecule has 4 heterocycles. The van der Waals surface area contributed by atoms with E-state index in [1.807, 2.05) is 44.2 Å². The van der Waals surface area contributed by atoms with Crippen LogP contribution in [0.5, 0.6) is 0 Å². The first-order valence-corrected chi connectivity index (χ1v) is 11.8. The number of aromatic nitrogens is 3. The predicted octanol–water partition coefficient (Wildman–Crippen LogP) is 2.43. The van der Waals surface area contributed by atoms with Gasteiger partial charge in [0.1, 0.15) is 5.69 Å². The van der Waals surface area contributed by atoms with Gasteiger partial charge in [0, 0.05) is 62.8 Å². The topological polar surface area (TPSA) is 102 Å². The lowest BCUT2D eigenvalue weighted by molar-refractivity contribution is -0.137. The summed E-state index contributed by atoms with van der Waals surface area (Å²) in [5, 5.41) is 7.07. The summed E-state index contributed by atoms with van der Waals surface area (Å²) in [5.74, 6) is -0.535. The van der Waals surface area contributed by atoms with Gasteiger partial charge in [-0.25, -0.2) is 0 Å². The highest BCUT2D eigenvalue weighted by atomic mass is 16.2. The van der Waals surface area contributed by atoms with Crippen LogP contribution in [0.4, 0.5) is 5.69 Å². The molecule has 0 bridgehead atoms. The molecule has 35 heavy (non-hydrogen) atoms. The molecule has 3 amide bonds. The van der Waals surface area contributed by atoms with Crippen molar-refractivity contribution in [2.75, 3.05) is 37.6 Å². The fourth-order valence-corrected chi connectivity index (χ4v) is 4.68.